The summed E-state index contributed by atoms with van der Waals surface area (Å²) in [6.07, 6.45) is 3.77. The summed E-state index contributed by atoms with van der Waals surface area (Å²) >= 11 is 0. The lowest BCUT2D eigenvalue weighted by molar-refractivity contribution is -0.121. The molecule has 1 atom stereocenters. The summed E-state index contributed by atoms with van der Waals surface area (Å²) in [6.45, 7) is 6.95. The number of nitrogens with two attached hydrogens (primary N) is 1. The maximum Gasteiger partial charge on any atom is 0.242 e. The Hall–Kier alpha value is -1.97. The SMILES string of the molecule is C=CCNC(=O)C(C)N1CCCc2cc(N)ccc21. The molecule has 0 bridgehead atoms. The van der Waals surface area contributed by atoms with Crippen molar-refractivity contribution in [3.8, 4) is 0 Å². The van der Waals surface area contributed by atoms with Crippen LogP contribution in [0.1, 0.15) is 18.9 Å². The normalized spacial score (nSPS) is 15.5. The molecule has 0 aliphatic carbocycles. The van der Waals surface area contributed by atoms with E-state index in [-0.39, 0.29) is 11.9 Å². The van der Waals surface area contributed by atoms with Crippen molar-refractivity contribution in [3.63, 3.8) is 0 Å². The maximum atomic E-state index is 12.1. The first-order valence-electron chi connectivity index (χ1n) is 6.67. The standard InChI is InChI=1S/C15H21N3O/c1-3-8-17-15(19)11(2)18-9-4-5-12-10-13(16)6-7-14(12)18/h3,6-7,10-11H,1,4-5,8-9,16H2,2H3,(H,17,19). The van der Waals surface area contributed by atoms with E-state index >= 15 is 0 Å². The first-order chi connectivity index (χ1) is 9.13. The molecule has 4 heteroatoms. The predicted molar refractivity (Wildman–Crippen MR) is 79.2 cm³/mol. The van der Waals surface area contributed by atoms with E-state index in [1.165, 1.54) is 5.56 Å². The number of rotatable bonds is 4. The minimum Gasteiger partial charge on any atom is -0.399 e. The number of hydrogen-bond acceptors (Lipinski definition) is 3. The third-order valence-electron chi connectivity index (χ3n) is 3.53. The molecule has 1 heterocycles. The van der Waals surface area contributed by atoms with Gasteiger partial charge in [-0.1, -0.05) is 6.08 Å². The van der Waals surface area contributed by atoms with Gasteiger partial charge in [-0.15, -0.1) is 6.58 Å². The fraction of sp³-hybridized carbons (Fsp3) is 0.400. The Bertz CT molecular complexity index is 484. The lowest BCUT2D eigenvalue weighted by Crippen LogP contribution is -2.47. The van der Waals surface area contributed by atoms with E-state index in [4.69, 9.17) is 5.73 Å². The first kappa shape index (κ1) is 13.5. The number of aryl methyl sites for hydroxylation is 1. The Morgan fingerprint density at radius 2 is 2.42 bits per heavy atom. The van der Waals surface area contributed by atoms with Crippen molar-refractivity contribution in [1.82, 2.24) is 5.32 Å². The summed E-state index contributed by atoms with van der Waals surface area (Å²) in [6, 6.07) is 5.74. The fourth-order valence-electron chi connectivity index (χ4n) is 2.51. The highest BCUT2D eigenvalue weighted by Gasteiger charge is 2.25. The topological polar surface area (TPSA) is 58.4 Å². The lowest BCUT2D eigenvalue weighted by atomic mass is 9.99. The van der Waals surface area contributed by atoms with Crippen LogP contribution in [0.3, 0.4) is 0 Å². The summed E-state index contributed by atoms with van der Waals surface area (Å²) in [5, 5.41) is 2.85. The second-order valence-electron chi connectivity index (χ2n) is 4.89. The summed E-state index contributed by atoms with van der Waals surface area (Å²) < 4.78 is 0. The number of carbonyl (C=O) groups excluding carboxylic acids is 1. The summed E-state index contributed by atoms with van der Waals surface area (Å²) in [5.74, 6) is 0.0320. The van der Waals surface area contributed by atoms with Crippen molar-refractivity contribution >= 4 is 17.3 Å². The highest BCUT2D eigenvalue weighted by molar-refractivity contribution is 5.85. The third-order valence-corrected chi connectivity index (χ3v) is 3.53. The van der Waals surface area contributed by atoms with E-state index in [0.29, 0.717) is 6.54 Å². The Morgan fingerprint density at radius 1 is 1.63 bits per heavy atom. The Labute approximate surface area is 114 Å². The highest BCUT2D eigenvalue weighted by atomic mass is 16.2. The van der Waals surface area contributed by atoms with Crippen molar-refractivity contribution in [3.05, 3.63) is 36.4 Å². The van der Waals surface area contributed by atoms with Gasteiger partial charge >= 0.3 is 0 Å². The van der Waals surface area contributed by atoms with E-state index in [1.807, 2.05) is 25.1 Å². The van der Waals surface area contributed by atoms with E-state index in [1.54, 1.807) is 6.08 Å². The summed E-state index contributed by atoms with van der Waals surface area (Å²) in [5.41, 5.74) is 8.96. The molecule has 0 saturated carbocycles. The van der Waals surface area contributed by atoms with E-state index in [0.717, 1.165) is 30.8 Å². The van der Waals surface area contributed by atoms with Gasteiger partial charge in [0.15, 0.2) is 0 Å². The highest BCUT2D eigenvalue weighted by Crippen LogP contribution is 2.30. The van der Waals surface area contributed by atoms with Crippen LogP contribution in [-0.2, 0) is 11.2 Å². The smallest absolute Gasteiger partial charge is 0.242 e. The number of carbonyl (C=O) groups is 1. The quantitative estimate of drug-likeness (QED) is 0.639. The maximum absolute atomic E-state index is 12.1. The largest absolute Gasteiger partial charge is 0.399 e. The number of anilines is 2. The summed E-state index contributed by atoms with van der Waals surface area (Å²) in [4.78, 5) is 14.2. The lowest BCUT2D eigenvalue weighted by Gasteiger charge is -2.35. The number of hydrogen-bond donors (Lipinski definition) is 2. The molecule has 19 heavy (non-hydrogen) atoms. The molecule has 3 N–H and O–H groups in total. The molecule has 1 aliphatic rings. The molecule has 0 fully saturated rings. The molecular weight excluding hydrogens is 238 g/mol. The second-order valence-corrected chi connectivity index (χ2v) is 4.89. The third kappa shape index (κ3) is 2.89. The number of amides is 1. The minimum absolute atomic E-state index is 0.0320. The van der Waals surface area contributed by atoms with Crippen molar-refractivity contribution in [2.24, 2.45) is 0 Å². The number of benzene rings is 1. The van der Waals surface area contributed by atoms with Gasteiger partial charge in [-0.05, 0) is 43.5 Å². The molecule has 0 spiro atoms. The average Bonchev–Trinajstić information content (AvgIpc) is 2.42. The predicted octanol–water partition coefficient (Wildman–Crippen LogP) is 1.71. The Balaban J connectivity index is 2.18. The van der Waals surface area contributed by atoms with Crippen molar-refractivity contribution in [1.29, 1.82) is 0 Å². The van der Waals surface area contributed by atoms with Gasteiger partial charge in [0.05, 0.1) is 0 Å². The fourth-order valence-corrected chi connectivity index (χ4v) is 2.51. The number of nitrogens with zero attached hydrogens (tertiary/aromatic N) is 1. The van der Waals surface area contributed by atoms with Crippen LogP contribution in [0.15, 0.2) is 30.9 Å². The molecular formula is C15H21N3O. The van der Waals surface area contributed by atoms with E-state index in [9.17, 15) is 4.79 Å². The number of nitrogen functional groups attached to an aromatic ring is 1. The van der Waals surface area contributed by atoms with Crippen LogP contribution in [0.4, 0.5) is 11.4 Å². The summed E-state index contributed by atoms with van der Waals surface area (Å²) in [7, 11) is 0. The monoisotopic (exact) mass is 259 g/mol. The molecule has 102 valence electrons. The van der Waals surface area contributed by atoms with Crippen molar-refractivity contribution < 1.29 is 4.79 Å². The van der Waals surface area contributed by atoms with Crippen LogP contribution >= 0.6 is 0 Å². The molecule has 2 rings (SSSR count). The molecule has 0 saturated heterocycles. The second kappa shape index (κ2) is 5.78. The van der Waals surface area contributed by atoms with Gasteiger partial charge in [0.2, 0.25) is 5.91 Å². The van der Waals surface area contributed by atoms with Crippen LogP contribution in [0.5, 0.6) is 0 Å². The van der Waals surface area contributed by atoms with Crippen molar-refractivity contribution in [2.75, 3.05) is 23.7 Å². The molecule has 4 nitrogen and oxygen atoms in total. The van der Waals surface area contributed by atoms with Crippen LogP contribution in [0.2, 0.25) is 0 Å². The van der Waals surface area contributed by atoms with Crippen LogP contribution in [-0.4, -0.2) is 25.0 Å². The molecule has 0 aromatic heterocycles. The van der Waals surface area contributed by atoms with Crippen LogP contribution in [0.25, 0.3) is 0 Å². The molecule has 1 amide bonds. The molecule has 0 radical (unpaired) electrons. The minimum atomic E-state index is -0.178. The zero-order valence-electron chi connectivity index (χ0n) is 11.4. The molecule has 1 unspecified atom stereocenters. The van der Waals surface area contributed by atoms with Crippen LogP contribution in [0, 0.1) is 0 Å². The molecule has 1 aliphatic heterocycles. The van der Waals surface area contributed by atoms with E-state index in [2.05, 4.69) is 16.8 Å². The van der Waals surface area contributed by atoms with Gasteiger partial charge < -0.3 is 16.0 Å². The van der Waals surface area contributed by atoms with Gasteiger partial charge in [-0.3, -0.25) is 4.79 Å². The van der Waals surface area contributed by atoms with E-state index < -0.39 is 0 Å². The molecule has 1 aromatic rings. The zero-order chi connectivity index (χ0) is 13.8. The van der Waals surface area contributed by atoms with Gasteiger partial charge in [0.1, 0.15) is 6.04 Å². The Kier molecular flexibility index (Phi) is 4.10. The average molecular weight is 259 g/mol. The van der Waals surface area contributed by atoms with Gasteiger partial charge in [-0.2, -0.15) is 0 Å². The van der Waals surface area contributed by atoms with Gasteiger partial charge in [0, 0.05) is 24.5 Å². The molecule has 1 aromatic carbocycles. The number of nitrogens with one attached hydrogen (secondary N) is 1. The Morgan fingerprint density at radius 3 is 3.16 bits per heavy atom. The van der Waals surface area contributed by atoms with Gasteiger partial charge in [-0.25, -0.2) is 0 Å². The van der Waals surface area contributed by atoms with Crippen LogP contribution < -0.4 is 16.0 Å². The number of fused-ring (bicyclic) bond motifs is 1. The van der Waals surface area contributed by atoms with Gasteiger partial charge in [0.25, 0.3) is 0 Å². The zero-order valence-corrected chi connectivity index (χ0v) is 11.4. The van der Waals surface area contributed by atoms with Crippen molar-refractivity contribution in [2.45, 2.75) is 25.8 Å². The first-order valence-corrected chi connectivity index (χ1v) is 6.67.